The number of hydrogen-bond acceptors (Lipinski definition) is 5. The third-order valence-corrected chi connectivity index (χ3v) is 6.89. The maximum atomic E-state index is 12.8. The van der Waals surface area contributed by atoms with Crippen LogP contribution in [0.5, 0.6) is 0 Å². The summed E-state index contributed by atoms with van der Waals surface area (Å²) >= 11 is 7.71. The molecule has 0 aliphatic carbocycles. The molecule has 0 saturated carbocycles. The quantitative estimate of drug-likeness (QED) is 0.424. The molecular formula is C25H23ClN4OS. The summed E-state index contributed by atoms with van der Waals surface area (Å²) < 4.78 is 1.16. The van der Waals surface area contributed by atoms with Gasteiger partial charge in [-0.2, -0.15) is 0 Å². The monoisotopic (exact) mass is 462 g/mol. The summed E-state index contributed by atoms with van der Waals surface area (Å²) in [4.78, 5) is 20.3. The fourth-order valence-corrected chi connectivity index (χ4v) is 5.20. The zero-order chi connectivity index (χ0) is 21.9. The van der Waals surface area contributed by atoms with Crippen molar-refractivity contribution in [2.45, 2.75) is 6.54 Å². The first kappa shape index (κ1) is 21.1. The smallest absolute Gasteiger partial charge is 0.255 e. The molecule has 3 aromatic carbocycles. The van der Waals surface area contributed by atoms with Crippen LogP contribution < -0.4 is 10.6 Å². The third kappa shape index (κ3) is 4.54. The average Bonchev–Trinajstić information content (AvgIpc) is 3.25. The molecule has 5 rings (SSSR count). The van der Waals surface area contributed by atoms with Crippen molar-refractivity contribution >= 4 is 44.7 Å². The van der Waals surface area contributed by atoms with Gasteiger partial charge in [-0.25, -0.2) is 4.98 Å². The number of piperazine rings is 1. The third-order valence-electron chi connectivity index (χ3n) is 5.60. The minimum absolute atomic E-state index is 0.194. The number of aromatic nitrogens is 1. The van der Waals surface area contributed by atoms with Crippen molar-refractivity contribution in [2.75, 3.05) is 31.5 Å². The highest BCUT2D eigenvalue weighted by Gasteiger charge is 2.17. The number of para-hydroxylation sites is 2. The van der Waals surface area contributed by atoms with Crippen LogP contribution in [0.2, 0.25) is 5.02 Å². The minimum atomic E-state index is -0.194. The van der Waals surface area contributed by atoms with E-state index < -0.39 is 0 Å². The number of carbonyl (C=O) groups excluding carboxylic acids is 1. The molecule has 1 fully saturated rings. The van der Waals surface area contributed by atoms with E-state index in [1.54, 1.807) is 35.6 Å². The number of rotatable bonds is 5. The fourth-order valence-electron chi connectivity index (χ4n) is 3.96. The van der Waals surface area contributed by atoms with Crippen molar-refractivity contribution < 1.29 is 4.79 Å². The number of hydrogen-bond donors (Lipinski definition) is 2. The van der Waals surface area contributed by atoms with Crippen molar-refractivity contribution in [2.24, 2.45) is 0 Å². The van der Waals surface area contributed by atoms with Gasteiger partial charge in [-0.15, -0.1) is 11.3 Å². The van der Waals surface area contributed by atoms with Gasteiger partial charge in [0, 0.05) is 48.9 Å². The van der Waals surface area contributed by atoms with Gasteiger partial charge in [0.05, 0.1) is 15.9 Å². The molecule has 1 aliphatic heterocycles. The van der Waals surface area contributed by atoms with E-state index in [0.29, 0.717) is 10.6 Å². The van der Waals surface area contributed by atoms with Crippen molar-refractivity contribution in [3.05, 3.63) is 82.9 Å². The number of thiazole rings is 1. The standard InChI is InChI=1S/C25H23ClN4OS/c26-19-7-3-5-17(15-19)24(31)28-21-9-2-1-8-20(21)25-29-23-18(6-4-10-22(23)32-25)16-30-13-11-27-12-14-30/h1-10,15,27H,11-14,16H2,(H,28,31). The molecular weight excluding hydrogens is 440 g/mol. The van der Waals surface area contributed by atoms with Gasteiger partial charge >= 0.3 is 0 Å². The van der Waals surface area contributed by atoms with Crippen LogP contribution in [0.1, 0.15) is 15.9 Å². The number of nitrogens with one attached hydrogen (secondary N) is 2. The maximum Gasteiger partial charge on any atom is 0.255 e. The number of halogens is 1. The van der Waals surface area contributed by atoms with Crippen LogP contribution in [0.25, 0.3) is 20.8 Å². The van der Waals surface area contributed by atoms with Gasteiger partial charge < -0.3 is 10.6 Å². The highest BCUT2D eigenvalue weighted by Crippen LogP contribution is 2.36. The first-order valence-corrected chi connectivity index (χ1v) is 11.8. The summed E-state index contributed by atoms with van der Waals surface area (Å²) in [5.74, 6) is -0.194. The SMILES string of the molecule is O=C(Nc1ccccc1-c1nc2c(CN3CCNCC3)cccc2s1)c1cccc(Cl)c1. The Bertz CT molecular complexity index is 1270. The molecule has 0 atom stereocenters. The van der Waals surface area contributed by atoms with E-state index in [9.17, 15) is 4.79 Å². The van der Waals surface area contributed by atoms with Gasteiger partial charge in [-0.3, -0.25) is 9.69 Å². The summed E-state index contributed by atoms with van der Waals surface area (Å²) in [5, 5.41) is 7.87. The zero-order valence-corrected chi connectivity index (χ0v) is 19.0. The molecule has 1 aromatic heterocycles. The second-order valence-electron chi connectivity index (χ2n) is 7.82. The van der Waals surface area contributed by atoms with Crippen LogP contribution in [-0.2, 0) is 6.54 Å². The van der Waals surface area contributed by atoms with E-state index in [1.807, 2.05) is 24.3 Å². The van der Waals surface area contributed by atoms with Gasteiger partial charge in [-0.1, -0.05) is 41.9 Å². The summed E-state index contributed by atoms with van der Waals surface area (Å²) in [6.45, 7) is 5.04. The predicted molar refractivity (Wildman–Crippen MR) is 133 cm³/mol. The van der Waals surface area contributed by atoms with Gasteiger partial charge in [-0.05, 0) is 42.0 Å². The van der Waals surface area contributed by atoms with Gasteiger partial charge in [0.15, 0.2) is 0 Å². The van der Waals surface area contributed by atoms with Crippen molar-refractivity contribution in [1.29, 1.82) is 0 Å². The second-order valence-corrected chi connectivity index (χ2v) is 9.29. The summed E-state index contributed by atoms with van der Waals surface area (Å²) in [6.07, 6.45) is 0. The number of carbonyl (C=O) groups is 1. The van der Waals surface area contributed by atoms with Crippen molar-refractivity contribution in [3.8, 4) is 10.6 Å². The summed E-state index contributed by atoms with van der Waals surface area (Å²) in [6, 6.07) is 21.1. The number of amides is 1. The van der Waals surface area contributed by atoms with E-state index >= 15 is 0 Å². The molecule has 0 unspecified atom stereocenters. The number of anilines is 1. The average molecular weight is 463 g/mol. The first-order chi connectivity index (χ1) is 15.7. The Morgan fingerprint density at radius 1 is 1.06 bits per heavy atom. The molecule has 5 nitrogen and oxygen atoms in total. The van der Waals surface area contributed by atoms with Crippen LogP contribution >= 0.6 is 22.9 Å². The molecule has 0 bridgehead atoms. The van der Waals surface area contributed by atoms with Crippen LogP contribution in [0.4, 0.5) is 5.69 Å². The molecule has 2 heterocycles. The topological polar surface area (TPSA) is 57.3 Å². The summed E-state index contributed by atoms with van der Waals surface area (Å²) in [7, 11) is 0. The molecule has 32 heavy (non-hydrogen) atoms. The van der Waals surface area contributed by atoms with E-state index in [-0.39, 0.29) is 5.91 Å². The number of nitrogens with zero attached hydrogens (tertiary/aromatic N) is 2. The molecule has 1 saturated heterocycles. The molecule has 0 spiro atoms. The van der Waals surface area contributed by atoms with Crippen LogP contribution in [0.15, 0.2) is 66.7 Å². The Labute approximate surface area is 196 Å². The predicted octanol–water partition coefficient (Wildman–Crippen LogP) is 5.27. The highest BCUT2D eigenvalue weighted by atomic mass is 35.5. The molecule has 162 valence electrons. The molecule has 4 aromatic rings. The van der Waals surface area contributed by atoms with Crippen LogP contribution in [0, 0.1) is 0 Å². The Balaban J connectivity index is 1.45. The van der Waals surface area contributed by atoms with Crippen molar-refractivity contribution in [3.63, 3.8) is 0 Å². The lowest BCUT2D eigenvalue weighted by atomic mass is 10.1. The number of benzene rings is 3. The second kappa shape index (κ2) is 9.38. The molecule has 1 aliphatic rings. The Kier molecular flexibility index (Phi) is 6.19. The van der Waals surface area contributed by atoms with Crippen LogP contribution in [-0.4, -0.2) is 42.0 Å². The lowest BCUT2D eigenvalue weighted by Crippen LogP contribution is -2.42. The van der Waals surface area contributed by atoms with Gasteiger partial charge in [0.2, 0.25) is 0 Å². The molecule has 1 amide bonds. The Morgan fingerprint density at radius 3 is 2.72 bits per heavy atom. The molecule has 7 heteroatoms. The lowest BCUT2D eigenvalue weighted by Gasteiger charge is -2.27. The van der Waals surface area contributed by atoms with Gasteiger partial charge in [0.25, 0.3) is 5.91 Å². The van der Waals surface area contributed by atoms with E-state index in [2.05, 4.69) is 33.7 Å². The summed E-state index contributed by atoms with van der Waals surface area (Å²) in [5.41, 5.74) is 4.46. The molecule has 2 N–H and O–H groups in total. The minimum Gasteiger partial charge on any atom is -0.321 e. The van der Waals surface area contributed by atoms with Crippen LogP contribution in [0.3, 0.4) is 0 Å². The van der Waals surface area contributed by atoms with Gasteiger partial charge in [0.1, 0.15) is 5.01 Å². The van der Waals surface area contributed by atoms with Crippen molar-refractivity contribution in [1.82, 2.24) is 15.2 Å². The largest absolute Gasteiger partial charge is 0.321 e. The first-order valence-electron chi connectivity index (χ1n) is 10.7. The zero-order valence-electron chi connectivity index (χ0n) is 17.5. The van der Waals surface area contributed by atoms with E-state index in [1.165, 1.54) is 5.56 Å². The number of fused-ring (bicyclic) bond motifs is 1. The lowest BCUT2D eigenvalue weighted by molar-refractivity contribution is 0.102. The van der Waals surface area contributed by atoms with E-state index in [0.717, 1.165) is 59.2 Å². The van der Waals surface area contributed by atoms with E-state index in [4.69, 9.17) is 16.6 Å². The Morgan fingerprint density at radius 2 is 1.88 bits per heavy atom. The maximum absolute atomic E-state index is 12.8. The molecule has 0 radical (unpaired) electrons. The Hall–Kier alpha value is -2.77. The fraction of sp³-hybridized carbons (Fsp3) is 0.200. The highest BCUT2D eigenvalue weighted by molar-refractivity contribution is 7.21. The normalized spacial score (nSPS) is 14.5.